The summed E-state index contributed by atoms with van der Waals surface area (Å²) in [5.41, 5.74) is -0.0497. The van der Waals surface area contributed by atoms with Crippen LogP contribution in [0.15, 0.2) is 0 Å². The summed E-state index contributed by atoms with van der Waals surface area (Å²) >= 11 is 7.01. The highest BCUT2D eigenvalue weighted by Gasteiger charge is 2.64. The van der Waals surface area contributed by atoms with Crippen molar-refractivity contribution in [3.8, 4) is 0 Å². The number of rotatable bonds is 6. The summed E-state index contributed by atoms with van der Waals surface area (Å²) in [7, 11) is 0. The monoisotopic (exact) mass is 574 g/mol. The Labute approximate surface area is 208 Å². The van der Waals surface area contributed by atoms with E-state index in [4.69, 9.17) is 4.74 Å². The molecular formula is C25H36Br2O5. The number of carbonyl (C=O) groups excluding carboxylic acids is 2. The number of hydrogen-bond donors (Lipinski definition) is 1. The zero-order chi connectivity index (χ0) is 23.4. The van der Waals surface area contributed by atoms with Gasteiger partial charge < -0.3 is 9.84 Å². The first-order chi connectivity index (χ1) is 15.0. The van der Waals surface area contributed by atoms with E-state index in [1.807, 2.05) is 0 Å². The van der Waals surface area contributed by atoms with Crippen LogP contribution >= 0.6 is 31.9 Å². The number of ketones is 1. The Morgan fingerprint density at radius 3 is 2.53 bits per heavy atom. The van der Waals surface area contributed by atoms with E-state index in [1.54, 1.807) is 0 Å². The maximum atomic E-state index is 13.8. The molecule has 32 heavy (non-hydrogen) atoms. The van der Waals surface area contributed by atoms with Gasteiger partial charge in [0.1, 0.15) is 16.7 Å². The van der Waals surface area contributed by atoms with E-state index in [9.17, 15) is 19.5 Å². The lowest BCUT2D eigenvalue weighted by Gasteiger charge is -2.60. The molecule has 5 nitrogen and oxygen atoms in total. The highest BCUT2D eigenvalue weighted by Crippen LogP contribution is 2.67. The molecule has 0 aromatic rings. The normalized spacial score (nSPS) is 46.2. The van der Waals surface area contributed by atoms with Gasteiger partial charge in [-0.2, -0.15) is 0 Å². The van der Waals surface area contributed by atoms with Gasteiger partial charge in [0.25, 0.3) is 6.47 Å². The van der Waals surface area contributed by atoms with Crippen molar-refractivity contribution < 1.29 is 24.2 Å². The Bertz CT molecular complexity index is 773. The van der Waals surface area contributed by atoms with Crippen molar-refractivity contribution in [3.05, 3.63) is 0 Å². The van der Waals surface area contributed by atoms with Crippen LogP contribution in [-0.2, 0) is 19.1 Å². The van der Waals surface area contributed by atoms with Gasteiger partial charge in [-0.1, -0.05) is 52.6 Å². The zero-order valence-corrected chi connectivity index (χ0v) is 22.4. The number of carboxylic acids is 1. The minimum Gasteiger partial charge on any atom is -0.480 e. The summed E-state index contributed by atoms with van der Waals surface area (Å²) in [4.78, 5) is 35.4. The Balaban J connectivity index is 1.56. The average Bonchev–Trinajstić information content (AvgIpc) is 3.08. The fraction of sp³-hybridized carbons (Fsp3) is 0.880. The number of carboxylic acid groups (broad SMARTS) is 1. The molecule has 4 saturated carbocycles. The third kappa shape index (κ3) is 3.81. The third-order valence-electron chi connectivity index (χ3n) is 10.3. The van der Waals surface area contributed by atoms with Crippen LogP contribution < -0.4 is 0 Å². The highest BCUT2D eigenvalue weighted by molar-refractivity contribution is 9.12. The number of aliphatic carboxylic acids is 1. The van der Waals surface area contributed by atoms with Gasteiger partial charge >= 0.3 is 5.97 Å². The van der Waals surface area contributed by atoms with Crippen LogP contribution in [0.1, 0.15) is 72.1 Å². The zero-order valence-electron chi connectivity index (χ0n) is 19.3. The number of carbonyl (C=O) groups is 3. The smallest absolute Gasteiger partial charge is 0.318 e. The Kier molecular flexibility index (Phi) is 6.92. The average molecular weight is 576 g/mol. The third-order valence-corrected chi connectivity index (χ3v) is 13.3. The quantitative estimate of drug-likeness (QED) is 0.329. The van der Waals surface area contributed by atoms with Gasteiger partial charge in [0.15, 0.2) is 0 Å². The number of alkyl halides is 2. The van der Waals surface area contributed by atoms with Gasteiger partial charge in [-0.25, -0.2) is 0 Å². The molecule has 4 aliphatic rings. The second-order valence-corrected chi connectivity index (χ2v) is 13.6. The first-order valence-corrected chi connectivity index (χ1v) is 14.0. The van der Waals surface area contributed by atoms with Gasteiger partial charge in [-0.3, -0.25) is 14.4 Å². The van der Waals surface area contributed by atoms with Gasteiger partial charge in [0.2, 0.25) is 0 Å². The van der Waals surface area contributed by atoms with E-state index in [1.165, 1.54) is 0 Å². The van der Waals surface area contributed by atoms with Crippen LogP contribution in [0, 0.1) is 46.3 Å². The second-order valence-electron chi connectivity index (χ2n) is 11.5. The lowest BCUT2D eigenvalue weighted by atomic mass is 9.44. The van der Waals surface area contributed by atoms with Crippen LogP contribution in [0.25, 0.3) is 0 Å². The van der Waals surface area contributed by atoms with Gasteiger partial charge in [-0.15, -0.1) is 0 Å². The lowest BCUT2D eigenvalue weighted by molar-refractivity contribution is -0.166. The molecule has 0 spiro atoms. The minimum atomic E-state index is -0.849. The molecule has 0 heterocycles. The molecule has 180 valence electrons. The predicted octanol–water partition coefficient (Wildman–Crippen LogP) is 5.61. The van der Waals surface area contributed by atoms with E-state index in [0.717, 1.165) is 44.9 Å². The topological polar surface area (TPSA) is 80.7 Å². The maximum absolute atomic E-state index is 13.8. The van der Waals surface area contributed by atoms with Crippen LogP contribution in [0.5, 0.6) is 0 Å². The SMILES string of the molecule is C[C@H](C(Br)C(Br)C(=O)O)[C@H]1CC[C@H]2[C@@H]3CC[C@@H]4C[C@H](OC=O)CC[C@]4(C)[C@H]3C(=O)C[C@]12C. The molecule has 0 bridgehead atoms. The van der Waals surface area contributed by atoms with Crippen molar-refractivity contribution in [1.82, 2.24) is 0 Å². The molecular weight excluding hydrogens is 540 g/mol. The fourth-order valence-electron chi connectivity index (χ4n) is 8.76. The van der Waals surface area contributed by atoms with Crippen LogP contribution in [0.3, 0.4) is 0 Å². The number of Topliss-reactive ketones (excluding diaryl/α,β-unsaturated/α-hetero) is 1. The summed E-state index contributed by atoms with van der Waals surface area (Å²) < 4.78 is 5.31. The number of halogens is 2. The Morgan fingerprint density at radius 1 is 1.16 bits per heavy atom. The van der Waals surface area contributed by atoms with Crippen molar-refractivity contribution in [3.63, 3.8) is 0 Å². The van der Waals surface area contributed by atoms with E-state index >= 15 is 0 Å². The fourth-order valence-corrected chi connectivity index (χ4v) is 9.84. The molecule has 7 heteroatoms. The molecule has 4 aliphatic carbocycles. The van der Waals surface area contributed by atoms with Crippen molar-refractivity contribution in [1.29, 1.82) is 0 Å². The molecule has 11 atom stereocenters. The number of hydrogen-bond acceptors (Lipinski definition) is 4. The molecule has 1 N–H and O–H groups in total. The first-order valence-electron chi connectivity index (χ1n) is 12.2. The van der Waals surface area contributed by atoms with Gasteiger partial charge in [0.05, 0.1) is 0 Å². The van der Waals surface area contributed by atoms with Crippen molar-refractivity contribution in [2.45, 2.75) is 87.9 Å². The van der Waals surface area contributed by atoms with Gasteiger partial charge in [0, 0.05) is 17.2 Å². The molecule has 0 saturated heterocycles. The first kappa shape index (κ1) is 24.7. The molecule has 0 aromatic heterocycles. The summed E-state index contributed by atoms with van der Waals surface area (Å²) in [5, 5.41) is 9.47. The standard InChI is InChI=1S/C25H36Br2O5/c1-13(21(26)22(27)23(30)31)17-6-7-18-16-5-4-14-10-15(32-12-28)8-9-24(14,2)20(16)19(29)11-25(17,18)3/h12-18,20-22H,4-11H2,1-3H3,(H,30,31)/t13-,14+,15+,16-,17+,18-,20+,21?,22?,24-,25+/m0/s1. The summed E-state index contributed by atoms with van der Waals surface area (Å²) in [6.45, 7) is 7.37. The number of ether oxygens (including phenoxy) is 1. The molecule has 0 aliphatic heterocycles. The highest BCUT2D eigenvalue weighted by atomic mass is 79.9. The van der Waals surface area contributed by atoms with E-state index in [0.29, 0.717) is 42.3 Å². The minimum absolute atomic E-state index is 0.00471. The van der Waals surface area contributed by atoms with Crippen molar-refractivity contribution in [2.75, 3.05) is 0 Å². The van der Waals surface area contributed by atoms with E-state index in [2.05, 4.69) is 52.6 Å². The second kappa shape index (κ2) is 8.98. The summed E-state index contributed by atoms with van der Waals surface area (Å²) in [6, 6.07) is 0. The molecule has 2 unspecified atom stereocenters. The molecule has 0 radical (unpaired) electrons. The van der Waals surface area contributed by atoms with Crippen molar-refractivity contribution in [2.24, 2.45) is 46.3 Å². The largest absolute Gasteiger partial charge is 0.480 e. The maximum Gasteiger partial charge on any atom is 0.318 e. The molecule has 0 amide bonds. The Hall–Kier alpha value is -0.430. The van der Waals surface area contributed by atoms with Gasteiger partial charge in [-0.05, 0) is 85.4 Å². The molecule has 4 fully saturated rings. The number of fused-ring (bicyclic) bond motifs is 5. The van der Waals surface area contributed by atoms with Crippen LogP contribution in [0.2, 0.25) is 0 Å². The predicted molar refractivity (Wildman–Crippen MR) is 129 cm³/mol. The van der Waals surface area contributed by atoms with Crippen molar-refractivity contribution >= 4 is 50.1 Å². The van der Waals surface area contributed by atoms with Crippen LogP contribution in [-0.4, -0.2) is 39.1 Å². The van der Waals surface area contributed by atoms with Crippen LogP contribution in [0.4, 0.5) is 0 Å². The Morgan fingerprint density at radius 2 is 1.88 bits per heavy atom. The lowest BCUT2D eigenvalue weighted by Crippen LogP contribution is -2.58. The molecule has 0 aromatic carbocycles. The summed E-state index contributed by atoms with van der Waals surface area (Å²) in [5.74, 6) is 1.60. The molecule has 4 rings (SSSR count). The van der Waals surface area contributed by atoms with E-state index in [-0.39, 0.29) is 33.6 Å². The van der Waals surface area contributed by atoms with E-state index < -0.39 is 10.8 Å². The summed E-state index contributed by atoms with van der Waals surface area (Å²) in [6.07, 6.45) is 7.72.